The van der Waals surface area contributed by atoms with Crippen LogP contribution in [0.2, 0.25) is 0 Å². The van der Waals surface area contributed by atoms with Crippen LogP contribution >= 0.6 is 0 Å². The van der Waals surface area contributed by atoms with Gasteiger partial charge in [-0.1, -0.05) is 19.1 Å². The lowest BCUT2D eigenvalue weighted by atomic mass is 10.2. The van der Waals surface area contributed by atoms with Crippen molar-refractivity contribution in [1.29, 1.82) is 0 Å². The molecule has 122 valence electrons. The Hall–Kier alpha value is -2.96. The molecule has 1 aromatic carbocycles. The monoisotopic (exact) mass is 324 g/mol. The minimum atomic E-state index is -0.301. The molecule has 7 heteroatoms. The molecule has 0 spiro atoms. The van der Waals surface area contributed by atoms with E-state index in [0.29, 0.717) is 30.6 Å². The van der Waals surface area contributed by atoms with Crippen molar-refractivity contribution in [2.45, 2.75) is 26.4 Å². The maximum Gasteiger partial charge on any atom is 0.290 e. The zero-order valence-corrected chi connectivity index (χ0v) is 13.2. The summed E-state index contributed by atoms with van der Waals surface area (Å²) in [5.74, 6) is 1.44. The average Bonchev–Trinajstić information content (AvgIpc) is 3.03. The van der Waals surface area contributed by atoms with Crippen LogP contribution in [0, 0.1) is 0 Å². The smallest absolute Gasteiger partial charge is 0.290 e. The maximum atomic E-state index is 12.7. The Morgan fingerprint density at radius 2 is 2.08 bits per heavy atom. The number of hydrogen-bond acceptors (Lipinski definition) is 5. The lowest BCUT2D eigenvalue weighted by molar-refractivity contribution is 0.0674. The zero-order valence-electron chi connectivity index (χ0n) is 13.2. The third-order valence-corrected chi connectivity index (χ3v) is 4.28. The van der Waals surface area contributed by atoms with Gasteiger partial charge in [0.05, 0.1) is 11.9 Å². The Bertz CT molecular complexity index is 989. The highest BCUT2D eigenvalue weighted by molar-refractivity contribution is 5.93. The molecular weight excluding hydrogens is 308 g/mol. The van der Waals surface area contributed by atoms with Crippen LogP contribution in [-0.2, 0) is 19.5 Å². The van der Waals surface area contributed by atoms with Gasteiger partial charge in [0.2, 0.25) is 0 Å². The van der Waals surface area contributed by atoms with E-state index in [1.807, 2.05) is 11.5 Å². The van der Waals surface area contributed by atoms with E-state index in [9.17, 15) is 9.59 Å². The minimum Gasteiger partial charge on any atom is -0.451 e. The summed E-state index contributed by atoms with van der Waals surface area (Å²) in [7, 11) is 0. The number of carbonyl (C=O) groups is 1. The van der Waals surface area contributed by atoms with Crippen molar-refractivity contribution in [2.24, 2.45) is 0 Å². The number of nitrogens with zero attached hydrogens (tertiary/aromatic N) is 4. The number of fused-ring (bicyclic) bond motifs is 2. The summed E-state index contributed by atoms with van der Waals surface area (Å²) in [6.07, 6.45) is 0.806. The number of aryl methyl sites for hydroxylation is 1. The third-order valence-electron chi connectivity index (χ3n) is 4.28. The van der Waals surface area contributed by atoms with Crippen LogP contribution in [0.4, 0.5) is 0 Å². The fourth-order valence-electron chi connectivity index (χ4n) is 3.02. The van der Waals surface area contributed by atoms with Crippen LogP contribution in [0.25, 0.3) is 11.0 Å². The highest BCUT2D eigenvalue weighted by Gasteiger charge is 2.26. The lowest BCUT2D eigenvalue weighted by Crippen LogP contribution is -2.39. The quantitative estimate of drug-likeness (QED) is 0.715. The Morgan fingerprint density at radius 1 is 1.25 bits per heavy atom. The predicted octanol–water partition coefficient (Wildman–Crippen LogP) is 1.60. The van der Waals surface area contributed by atoms with Crippen LogP contribution in [0.5, 0.6) is 0 Å². The number of para-hydroxylation sites is 1. The van der Waals surface area contributed by atoms with Gasteiger partial charge in [0.15, 0.2) is 17.0 Å². The van der Waals surface area contributed by atoms with E-state index in [4.69, 9.17) is 4.42 Å². The Balaban J connectivity index is 1.66. The molecule has 4 rings (SSSR count). The molecule has 7 nitrogen and oxygen atoms in total. The Kier molecular flexibility index (Phi) is 3.41. The molecule has 1 aliphatic rings. The summed E-state index contributed by atoms with van der Waals surface area (Å²) in [4.78, 5) is 26.5. The molecule has 3 aromatic rings. The van der Waals surface area contributed by atoms with Crippen LogP contribution in [0.15, 0.2) is 39.5 Å². The summed E-state index contributed by atoms with van der Waals surface area (Å²) in [5, 5.41) is 8.76. The molecule has 0 fully saturated rings. The summed E-state index contributed by atoms with van der Waals surface area (Å²) < 4.78 is 7.68. The van der Waals surface area contributed by atoms with E-state index in [1.54, 1.807) is 29.2 Å². The number of hydrogen-bond donors (Lipinski definition) is 0. The summed E-state index contributed by atoms with van der Waals surface area (Å²) >= 11 is 0. The van der Waals surface area contributed by atoms with Gasteiger partial charge < -0.3 is 13.9 Å². The second-order valence-electron chi connectivity index (χ2n) is 5.74. The largest absolute Gasteiger partial charge is 0.451 e. The molecule has 0 saturated heterocycles. The molecule has 0 bridgehead atoms. The zero-order chi connectivity index (χ0) is 16.7. The first-order chi connectivity index (χ1) is 11.7. The van der Waals surface area contributed by atoms with Gasteiger partial charge in [0, 0.05) is 25.6 Å². The van der Waals surface area contributed by atoms with Gasteiger partial charge in [-0.15, -0.1) is 10.2 Å². The van der Waals surface area contributed by atoms with Gasteiger partial charge in [-0.05, 0) is 12.1 Å². The van der Waals surface area contributed by atoms with Crippen molar-refractivity contribution < 1.29 is 9.21 Å². The van der Waals surface area contributed by atoms with Gasteiger partial charge in [0.25, 0.3) is 5.91 Å². The van der Waals surface area contributed by atoms with E-state index < -0.39 is 0 Å². The van der Waals surface area contributed by atoms with Crippen molar-refractivity contribution in [3.05, 3.63) is 58.0 Å². The molecule has 0 atom stereocenters. The summed E-state index contributed by atoms with van der Waals surface area (Å²) in [5.41, 5.74) is 0.204. The van der Waals surface area contributed by atoms with Crippen LogP contribution < -0.4 is 5.43 Å². The summed E-state index contributed by atoms with van der Waals surface area (Å²) in [6.45, 7) is 3.57. The average molecular weight is 324 g/mol. The first-order valence-electron chi connectivity index (χ1n) is 7.90. The molecule has 3 heterocycles. The highest BCUT2D eigenvalue weighted by atomic mass is 16.3. The van der Waals surface area contributed by atoms with Gasteiger partial charge in [-0.3, -0.25) is 9.59 Å². The SMILES string of the molecule is CCc1nnc2n1CCN(C(=O)c1cc(=O)c3ccccc3o1)C2. The normalized spacial score (nSPS) is 14.0. The highest BCUT2D eigenvalue weighted by Crippen LogP contribution is 2.17. The second kappa shape index (κ2) is 5.59. The standard InChI is InChI=1S/C17H16N4O3/c1-2-15-18-19-16-10-20(7-8-21(15)16)17(23)14-9-12(22)11-5-3-4-6-13(11)24-14/h3-6,9H,2,7-8,10H2,1H3. The van der Waals surface area contributed by atoms with Crippen molar-refractivity contribution in [1.82, 2.24) is 19.7 Å². The van der Waals surface area contributed by atoms with Crippen molar-refractivity contribution >= 4 is 16.9 Å². The van der Waals surface area contributed by atoms with Gasteiger partial charge in [-0.25, -0.2) is 0 Å². The number of amides is 1. The molecule has 0 unspecified atom stereocenters. The molecule has 0 aliphatic carbocycles. The number of carbonyl (C=O) groups excluding carboxylic acids is 1. The molecule has 1 aliphatic heterocycles. The first kappa shape index (κ1) is 14.6. The van der Waals surface area contributed by atoms with E-state index in [0.717, 1.165) is 18.1 Å². The van der Waals surface area contributed by atoms with Crippen molar-refractivity contribution in [3.63, 3.8) is 0 Å². The van der Waals surface area contributed by atoms with E-state index in [1.165, 1.54) is 6.07 Å². The first-order valence-corrected chi connectivity index (χ1v) is 7.90. The Labute approximate surface area is 137 Å². The number of rotatable bonds is 2. The molecule has 24 heavy (non-hydrogen) atoms. The fraction of sp³-hybridized carbons (Fsp3) is 0.294. The third kappa shape index (κ3) is 2.29. The minimum absolute atomic E-state index is 0.0578. The molecular formula is C17H16N4O3. The van der Waals surface area contributed by atoms with Crippen LogP contribution in [-0.4, -0.2) is 32.1 Å². The molecule has 2 aromatic heterocycles. The van der Waals surface area contributed by atoms with E-state index >= 15 is 0 Å². The number of aromatic nitrogens is 3. The van der Waals surface area contributed by atoms with Crippen molar-refractivity contribution in [2.75, 3.05) is 6.54 Å². The number of benzene rings is 1. The van der Waals surface area contributed by atoms with E-state index in [-0.39, 0.29) is 17.1 Å². The summed E-state index contributed by atoms with van der Waals surface area (Å²) in [6, 6.07) is 8.18. The maximum absolute atomic E-state index is 12.7. The fourth-order valence-corrected chi connectivity index (χ4v) is 3.02. The van der Waals surface area contributed by atoms with Crippen LogP contribution in [0.1, 0.15) is 29.1 Å². The van der Waals surface area contributed by atoms with Gasteiger partial charge >= 0.3 is 0 Å². The lowest BCUT2D eigenvalue weighted by Gasteiger charge is -2.27. The van der Waals surface area contributed by atoms with Gasteiger partial charge in [-0.2, -0.15) is 0 Å². The molecule has 0 N–H and O–H groups in total. The predicted molar refractivity (Wildman–Crippen MR) is 86.6 cm³/mol. The molecule has 0 saturated carbocycles. The van der Waals surface area contributed by atoms with Crippen molar-refractivity contribution in [3.8, 4) is 0 Å². The van der Waals surface area contributed by atoms with E-state index in [2.05, 4.69) is 10.2 Å². The van der Waals surface area contributed by atoms with Crippen LogP contribution in [0.3, 0.4) is 0 Å². The molecule has 0 radical (unpaired) electrons. The topological polar surface area (TPSA) is 81.2 Å². The second-order valence-corrected chi connectivity index (χ2v) is 5.74. The Morgan fingerprint density at radius 3 is 2.92 bits per heavy atom. The molecule has 1 amide bonds. The van der Waals surface area contributed by atoms with Gasteiger partial charge in [0.1, 0.15) is 11.4 Å².